The van der Waals surface area contributed by atoms with Crippen LogP contribution in [0.5, 0.6) is 0 Å². The summed E-state index contributed by atoms with van der Waals surface area (Å²) in [6, 6.07) is 17.6. The third-order valence-corrected chi connectivity index (χ3v) is 3.13. The molecule has 0 fully saturated rings. The molecule has 1 amide bonds. The zero-order valence-corrected chi connectivity index (χ0v) is 11.0. The van der Waals surface area contributed by atoms with Gasteiger partial charge in [-0.25, -0.2) is 0 Å². The number of rotatable bonds is 5. The number of amides is 1. The van der Waals surface area contributed by atoms with Crippen molar-refractivity contribution in [2.75, 3.05) is 11.9 Å². The first-order chi connectivity index (χ1) is 9.16. The maximum absolute atomic E-state index is 11.1. The Morgan fingerprint density at radius 3 is 2.58 bits per heavy atom. The van der Waals surface area contributed by atoms with Crippen molar-refractivity contribution in [3.63, 3.8) is 0 Å². The average Bonchev–Trinajstić information content (AvgIpc) is 2.46. The third-order valence-electron chi connectivity index (χ3n) is 3.13. The lowest BCUT2D eigenvalue weighted by atomic mass is 10.0. The summed E-state index contributed by atoms with van der Waals surface area (Å²) >= 11 is 0. The van der Waals surface area contributed by atoms with Crippen LogP contribution < -0.4 is 11.1 Å². The molecule has 0 aliphatic carbocycles. The summed E-state index contributed by atoms with van der Waals surface area (Å²) < 4.78 is 0. The fraction of sp³-hybridized carbons (Fsp3) is 0.188. The number of carbonyl (C=O) groups is 1. The zero-order chi connectivity index (χ0) is 13.7. The second kappa shape index (κ2) is 6.05. The van der Waals surface area contributed by atoms with Crippen LogP contribution in [0.2, 0.25) is 0 Å². The first kappa shape index (κ1) is 13.1. The van der Waals surface area contributed by atoms with Gasteiger partial charge in [0.2, 0.25) is 5.91 Å². The molecule has 3 nitrogen and oxygen atoms in total. The predicted octanol–water partition coefficient (Wildman–Crippen LogP) is 3.00. The van der Waals surface area contributed by atoms with Gasteiger partial charge in [-0.2, -0.15) is 0 Å². The standard InChI is InChI=1S/C16H18N2O/c1-12(13-6-3-2-4-7-13)11-18-15-9-5-8-14(10-15)16(17)19/h2-10,12,18H,11H2,1H3,(H2,17,19)/t12-/m0/s1. The second-order valence-corrected chi connectivity index (χ2v) is 4.64. The molecule has 0 aliphatic rings. The van der Waals surface area contributed by atoms with Crippen LogP contribution in [0.4, 0.5) is 5.69 Å². The minimum atomic E-state index is -0.403. The molecule has 98 valence electrons. The molecule has 0 spiro atoms. The number of benzene rings is 2. The Morgan fingerprint density at radius 2 is 1.89 bits per heavy atom. The highest BCUT2D eigenvalue weighted by Gasteiger charge is 2.05. The van der Waals surface area contributed by atoms with Crippen molar-refractivity contribution in [2.24, 2.45) is 5.73 Å². The molecule has 3 N–H and O–H groups in total. The minimum Gasteiger partial charge on any atom is -0.384 e. The van der Waals surface area contributed by atoms with E-state index in [0.29, 0.717) is 11.5 Å². The van der Waals surface area contributed by atoms with Crippen molar-refractivity contribution in [3.05, 3.63) is 65.7 Å². The zero-order valence-electron chi connectivity index (χ0n) is 11.0. The number of nitrogens with two attached hydrogens (primary N) is 1. The van der Waals surface area contributed by atoms with E-state index in [1.807, 2.05) is 30.3 Å². The first-order valence-electron chi connectivity index (χ1n) is 6.35. The predicted molar refractivity (Wildman–Crippen MR) is 78.3 cm³/mol. The molecule has 0 saturated heterocycles. The molecule has 3 heteroatoms. The SMILES string of the molecule is C[C@@H](CNc1cccc(C(N)=O)c1)c1ccccc1. The number of hydrogen-bond acceptors (Lipinski definition) is 2. The van der Waals surface area contributed by atoms with Gasteiger partial charge in [0.1, 0.15) is 0 Å². The largest absolute Gasteiger partial charge is 0.384 e. The van der Waals surface area contributed by atoms with E-state index in [2.05, 4.69) is 24.4 Å². The molecule has 2 aromatic carbocycles. The maximum atomic E-state index is 11.1. The Hall–Kier alpha value is -2.29. The monoisotopic (exact) mass is 254 g/mol. The summed E-state index contributed by atoms with van der Waals surface area (Å²) in [5.41, 5.74) is 8.00. The van der Waals surface area contributed by atoms with Crippen LogP contribution in [0.15, 0.2) is 54.6 Å². The molecule has 0 aromatic heterocycles. The lowest BCUT2D eigenvalue weighted by molar-refractivity contribution is 0.100. The number of hydrogen-bond donors (Lipinski definition) is 2. The Labute approximate surface area is 113 Å². The number of carbonyl (C=O) groups excluding carboxylic acids is 1. The lowest BCUT2D eigenvalue weighted by Gasteiger charge is -2.14. The van der Waals surface area contributed by atoms with Crippen LogP contribution in [0.3, 0.4) is 0 Å². The van der Waals surface area contributed by atoms with Crippen molar-refractivity contribution in [1.82, 2.24) is 0 Å². The van der Waals surface area contributed by atoms with Gasteiger partial charge in [0.15, 0.2) is 0 Å². The molecule has 0 unspecified atom stereocenters. The summed E-state index contributed by atoms with van der Waals surface area (Å²) in [6.07, 6.45) is 0. The van der Waals surface area contributed by atoms with Crippen molar-refractivity contribution in [3.8, 4) is 0 Å². The van der Waals surface area contributed by atoms with E-state index < -0.39 is 5.91 Å². The molecular formula is C16H18N2O. The summed E-state index contributed by atoms with van der Waals surface area (Å²) in [5.74, 6) is -0.00167. The van der Waals surface area contributed by atoms with Gasteiger partial charge >= 0.3 is 0 Å². The Bertz CT molecular complexity index is 552. The highest BCUT2D eigenvalue weighted by molar-refractivity contribution is 5.93. The van der Waals surface area contributed by atoms with Crippen molar-refractivity contribution in [2.45, 2.75) is 12.8 Å². The van der Waals surface area contributed by atoms with Gasteiger partial charge in [0.25, 0.3) is 0 Å². The van der Waals surface area contributed by atoms with Crippen LogP contribution in [0.25, 0.3) is 0 Å². The van der Waals surface area contributed by atoms with Gasteiger partial charge in [-0.3, -0.25) is 4.79 Å². The topological polar surface area (TPSA) is 55.1 Å². The smallest absolute Gasteiger partial charge is 0.248 e. The van der Waals surface area contributed by atoms with Gasteiger partial charge in [-0.05, 0) is 29.7 Å². The van der Waals surface area contributed by atoms with Gasteiger partial charge in [-0.15, -0.1) is 0 Å². The quantitative estimate of drug-likeness (QED) is 0.861. The number of anilines is 1. The molecule has 0 heterocycles. The van der Waals surface area contributed by atoms with Crippen LogP contribution in [-0.2, 0) is 0 Å². The van der Waals surface area contributed by atoms with Crippen LogP contribution in [0.1, 0.15) is 28.8 Å². The normalized spacial score (nSPS) is 11.8. The molecule has 0 bridgehead atoms. The van der Waals surface area contributed by atoms with E-state index in [1.165, 1.54) is 5.56 Å². The summed E-state index contributed by atoms with van der Waals surface area (Å²) in [5, 5.41) is 3.33. The van der Waals surface area contributed by atoms with Gasteiger partial charge < -0.3 is 11.1 Å². The van der Waals surface area contributed by atoms with Gasteiger partial charge in [-0.1, -0.05) is 43.3 Å². The molecule has 2 aromatic rings. The fourth-order valence-corrected chi connectivity index (χ4v) is 1.95. The molecular weight excluding hydrogens is 236 g/mol. The summed E-state index contributed by atoms with van der Waals surface area (Å²) in [4.78, 5) is 11.1. The summed E-state index contributed by atoms with van der Waals surface area (Å²) in [6.45, 7) is 2.98. The Kier molecular flexibility index (Phi) is 4.18. The van der Waals surface area contributed by atoms with Crippen molar-refractivity contribution in [1.29, 1.82) is 0 Å². The summed E-state index contributed by atoms with van der Waals surface area (Å²) in [7, 11) is 0. The Balaban J connectivity index is 1.99. The first-order valence-corrected chi connectivity index (χ1v) is 6.35. The average molecular weight is 254 g/mol. The van der Waals surface area contributed by atoms with E-state index in [0.717, 1.165) is 12.2 Å². The molecule has 2 rings (SSSR count). The van der Waals surface area contributed by atoms with E-state index in [-0.39, 0.29) is 0 Å². The molecule has 0 aliphatic heterocycles. The number of nitrogens with one attached hydrogen (secondary N) is 1. The number of primary amides is 1. The van der Waals surface area contributed by atoms with E-state index in [9.17, 15) is 4.79 Å². The Morgan fingerprint density at radius 1 is 1.16 bits per heavy atom. The molecule has 19 heavy (non-hydrogen) atoms. The highest BCUT2D eigenvalue weighted by atomic mass is 16.1. The molecule has 0 saturated carbocycles. The second-order valence-electron chi connectivity index (χ2n) is 4.64. The molecule has 1 atom stereocenters. The van der Waals surface area contributed by atoms with E-state index in [4.69, 9.17) is 5.73 Å². The van der Waals surface area contributed by atoms with Crippen molar-refractivity contribution < 1.29 is 4.79 Å². The third kappa shape index (κ3) is 3.58. The lowest BCUT2D eigenvalue weighted by Crippen LogP contribution is -2.13. The van der Waals surface area contributed by atoms with Gasteiger partial charge in [0, 0.05) is 17.8 Å². The highest BCUT2D eigenvalue weighted by Crippen LogP contribution is 2.16. The van der Waals surface area contributed by atoms with Gasteiger partial charge in [0.05, 0.1) is 0 Å². The maximum Gasteiger partial charge on any atom is 0.248 e. The van der Waals surface area contributed by atoms with Crippen molar-refractivity contribution >= 4 is 11.6 Å². The fourth-order valence-electron chi connectivity index (χ4n) is 1.95. The molecule has 0 radical (unpaired) electrons. The minimum absolute atomic E-state index is 0.401. The van der Waals surface area contributed by atoms with Crippen LogP contribution in [-0.4, -0.2) is 12.5 Å². The van der Waals surface area contributed by atoms with Crippen LogP contribution >= 0.6 is 0 Å². The van der Waals surface area contributed by atoms with E-state index in [1.54, 1.807) is 12.1 Å². The van der Waals surface area contributed by atoms with Crippen LogP contribution in [0, 0.1) is 0 Å². The van der Waals surface area contributed by atoms with E-state index >= 15 is 0 Å².